The average Bonchev–Trinajstić information content (AvgIpc) is 2.61. The number of nitro benzene ring substituents is 1. The van der Waals surface area contributed by atoms with Crippen LogP contribution in [0.5, 0.6) is 11.5 Å². The zero-order valence-corrected chi connectivity index (χ0v) is 14.8. The molecule has 0 unspecified atom stereocenters. The number of rotatable bonds is 7. The van der Waals surface area contributed by atoms with Gasteiger partial charge >= 0.3 is 12.1 Å². The number of nitro groups is 1. The fraction of sp³-hybridized carbons (Fsp3) is 0.125. The number of carbonyl (C=O) groups is 2. The predicted octanol–water partition coefficient (Wildman–Crippen LogP) is 3.81. The number of carboxylic acid groups (broad SMARTS) is 1. The third-order valence-corrected chi connectivity index (χ3v) is 3.55. The monoisotopic (exact) mass is 434 g/mol. The van der Waals surface area contributed by atoms with Crippen molar-refractivity contribution in [1.82, 2.24) is 5.48 Å². The lowest BCUT2D eigenvalue weighted by Crippen LogP contribution is -2.27. The molecule has 0 fully saturated rings. The van der Waals surface area contributed by atoms with Gasteiger partial charge in [-0.1, -0.05) is 11.6 Å². The highest BCUT2D eigenvalue weighted by molar-refractivity contribution is 6.32. The van der Waals surface area contributed by atoms with E-state index < -0.39 is 46.4 Å². The SMILES string of the molecule is O=C(O)CONC(=O)c1cc(Oc2ccc(C(F)(F)F)cc2Cl)ccc1[N+](=O)[O-]. The van der Waals surface area contributed by atoms with Gasteiger partial charge in [0.2, 0.25) is 0 Å². The second kappa shape index (κ2) is 8.75. The molecule has 0 aliphatic rings. The highest BCUT2D eigenvalue weighted by atomic mass is 35.5. The van der Waals surface area contributed by atoms with Crippen LogP contribution in [-0.4, -0.2) is 28.5 Å². The fourth-order valence-electron chi connectivity index (χ4n) is 2.02. The minimum Gasteiger partial charge on any atom is -0.479 e. The maximum Gasteiger partial charge on any atom is 0.416 e. The first kappa shape index (κ1) is 21.9. The molecule has 0 saturated carbocycles. The van der Waals surface area contributed by atoms with Crippen LogP contribution in [0.4, 0.5) is 18.9 Å². The molecule has 2 rings (SSSR count). The third kappa shape index (κ3) is 5.80. The number of carbonyl (C=O) groups excluding carboxylic acids is 1. The van der Waals surface area contributed by atoms with Gasteiger partial charge in [0, 0.05) is 12.1 Å². The van der Waals surface area contributed by atoms with E-state index in [4.69, 9.17) is 21.4 Å². The number of nitrogens with one attached hydrogen (secondary N) is 1. The molecule has 13 heteroatoms. The van der Waals surface area contributed by atoms with Crippen LogP contribution in [0, 0.1) is 10.1 Å². The van der Waals surface area contributed by atoms with Gasteiger partial charge in [-0.25, -0.2) is 10.3 Å². The first-order chi connectivity index (χ1) is 13.5. The first-order valence-electron chi connectivity index (χ1n) is 7.46. The summed E-state index contributed by atoms with van der Waals surface area (Å²) >= 11 is 5.78. The smallest absolute Gasteiger partial charge is 0.416 e. The number of hydroxylamine groups is 1. The summed E-state index contributed by atoms with van der Waals surface area (Å²) in [6.45, 7) is -0.892. The summed E-state index contributed by atoms with van der Waals surface area (Å²) in [7, 11) is 0. The number of alkyl halides is 3. The lowest BCUT2D eigenvalue weighted by atomic mass is 10.1. The number of amides is 1. The van der Waals surface area contributed by atoms with Crippen LogP contribution in [0.15, 0.2) is 36.4 Å². The van der Waals surface area contributed by atoms with Crippen molar-refractivity contribution in [3.05, 3.63) is 62.7 Å². The van der Waals surface area contributed by atoms with Crippen molar-refractivity contribution in [1.29, 1.82) is 0 Å². The van der Waals surface area contributed by atoms with Gasteiger partial charge in [-0.15, -0.1) is 0 Å². The Morgan fingerprint density at radius 1 is 1.21 bits per heavy atom. The van der Waals surface area contributed by atoms with Crippen LogP contribution in [0.3, 0.4) is 0 Å². The van der Waals surface area contributed by atoms with Gasteiger partial charge in [0.25, 0.3) is 11.6 Å². The Bertz CT molecular complexity index is 966. The zero-order valence-electron chi connectivity index (χ0n) is 14.0. The molecule has 0 aliphatic carbocycles. The molecule has 0 aromatic heterocycles. The van der Waals surface area contributed by atoms with Crippen LogP contribution in [0.25, 0.3) is 0 Å². The van der Waals surface area contributed by atoms with Gasteiger partial charge in [-0.05, 0) is 24.3 Å². The van der Waals surface area contributed by atoms with Crippen LogP contribution >= 0.6 is 11.6 Å². The van der Waals surface area contributed by atoms with Gasteiger partial charge in [-0.2, -0.15) is 13.2 Å². The number of aliphatic carboxylic acids is 1. The molecule has 9 nitrogen and oxygen atoms in total. The second-order valence-electron chi connectivity index (χ2n) is 5.29. The maximum atomic E-state index is 12.7. The van der Waals surface area contributed by atoms with Gasteiger partial charge in [0.15, 0.2) is 6.61 Å². The standard InChI is InChI=1S/C16H10ClF3N2O7/c17-11-5-8(16(18,19)20)1-4-13(11)29-9-2-3-12(22(26)27)10(6-9)15(25)21-28-7-14(23)24/h1-6H,7H2,(H,21,25)(H,23,24). The Hall–Kier alpha value is -3.38. The average molecular weight is 435 g/mol. The first-order valence-corrected chi connectivity index (χ1v) is 7.84. The van der Waals surface area contributed by atoms with E-state index in [0.717, 1.165) is 30.3 Å². The molecule has 154 valence electrons. The van der Waals surface area contributed by atoms with E-state index in [2.05, 4.69) is 4.84 Å². The Balaban J connectivity index is 2.29. The molecule has 0 bridgehead atoms. The van der Waals surface area contributed by atoms with Crippen molar-refractivity contribution in [3.8, 4) is 11.5 Å². The van der Waals surface area contributed by atoms with E-state index >= 15 is 0 Å². The molecule has 2 aromatic rings. The van der Waals surface area contributed by atoms with Gasteiger partial charge < -0.3 is 9.84 Å². The molecule has 0 aliphatic heterocycles. The van der Waals surface area contributed by atoms with E-state index in [1.165, 1.54) is 0 Å². The Labute approximate surface area is 164 Å². The van der Waals surface area contributed by atoms with E-state index in [9.17, 15) is 32.9 Å². The summed E-state index contributed by atoms with van der Waals surface area (Å²) in [5.74, 6) is -2.88. The lowest BCUT2D eigenvalue weighted by Gasteiger charge is -2.12. The van der Waals surface area contributed by atoms with Crippen molar-refractivity contribution in [2.24, 2.45) is 0 Å². The topological polar surface area (TPSA) is 128 Å². The molecule has 29 heavy (non-hydrogen) atoms. The molecule has 0 heterocycles. The zero-order chi connectivity index (χ0) is 21.8. The van der Waals surface area contributed by atoms with Crippen molar-refractivity contribution in [3.63, 3.8) is 0 Å². The number of hydrogen-bond donors (Lipinski definition) is 2. The largest absolute Gasteiger partial charge is 0.479 e. The van der Waals surface area contributed by atoms with E-state index in [-0.39, 0.29) is 16.5 Å². The maximum absolute atomic E-state index is 12.7. The van der Waals surface area contributed by atoms with Crippen molar-refractivity contribution < 1.29 is 42.4 Å². The van der Waals surface area contributed by atoms with Gasteiger partial charge in [-0.3, -0.25) is 19.7 Å². The Kier molecular flexibility index (Phi) is 6.61. The normalized spacial score (nSPS) is 11.0. The molecular weight excluding hydrogens is 425 g/mol. The van der Waals surface area contributed by atoms with Crippen LogP contribution < -0.4 is 10.2 Å². The molecule has 0 radical (unpaired) electrons. The molecule has 1 amide bonds. The summed E-state index contributed by atoms with van der Waals surface area (Å²) < 4.78 is 43.4. The van der Waals surface area contributed by atoms with Crippen molar-refractivity contribution in [2.75, 3.05) is 6.61 Å². The van der Waals surface area contributed by atoms with Crippen LogP contribution in [0.2, 0.25) is 5.02 Å². The third-order valence-electron chi connectivity index (χ3n) is 3.26. The second-order valence-corrected chi connectivity index (χ2v) is 5.70. The molecule has 2 aromatic carbocycles. The predicted molar refractivity (Wildman–Crippen MR) is 90.7 cm³/mol. The highest BCUT2D eigenvalue weighted by Gasteiger charge is 2.31. The quantitative estimate of drug-likeness (QED) is 0.501. The number of nitrogens with zero attached hydrogens (tertiary/aromatic N) is 1. The van der Waals surface area contributed by atoms with E-state index in [1.807, 2.05) is 0 Å². The number of hydrogen-bond acceptors (Lipinski definition) is 6. The van der Waals surface area contributed by atoms with E-state index in [1.54, 1.807) is 5.48 Å². The Morgan fingerprint density at radius 3 is 2.45 bits per heavy atom. The molecular formula is C16H10ClF3N2O7. The van der Waals surface area contributed by atoms with Crippen molar-refractivity contribution in [2.45, 2.75) is 6.18 Å². The number of ether oxygens (including phenoxy) is 1. The molecule has 0 spiro atoms. The van der Waals surface area contributed by atoms with Crippen LogP contribution in [0.1, 0.15) is 15.9 Å². The van der Waals surface area contributed by atoms with Crippen molar-refractivity contribution >= 4 is 29.2 Å². The summed E-state index contributed by atoms with van der Waals surface area (Å²) in [6, 6.07) is 5.24. The number of benzene rings is 2. The number of halogens is 4. The highest BCUT2D eigenvalue weighted by Crippen LogP contribution is 2.37. The summed E-state index contributed by atoms with van der Waals surface area (Å²) in [5, 5.41) is 19.2. The fourth-order valence-corrected chi connectivity index (χ4v) is 2.24. The molecule has 0 atom stereocenters. The minimum absolute atomic E-state index is 0.152. The minimum atomic E-state index is -4.61. The number of carboxylic acids is 1. The molecule has 0 saturated heterocycles. The van der Waals surface area contributed by atoms with Gasteiger partial charge in [0.1, 0.15) is 17.1 Å². The van der Waals surface area contributed by atoms with Gasteiger partial charge in [0.05, 0.1) is 15.5 Å². The summed E-state index contributed by atoms with van der Waals surface area (Å²) in [5.41, 5.74) is -0.471. The van der Waals surface area contributed by atoms with Crippen LogP contribution in [-0.2, 0) is 15.8 Å². The summed E-state index contributed by atoms with van der Waals surface area (Å²) in [4.78, 5) is 37.0. The Morgan fingerprint density at radius 2 is 1.90 bits per heavy atom. The summed E-state index contributed by atoms with van der Waals surface area (Å²) in [6.07, 6.45) is -4.61. The molecule has 2 N–H and O–H groups in total. The van der Waals surface area contributed by atoms with E-state index in [0.29, 0.717) is 6.07 Å². The lowest BCUT2D eigenvalue weighted by molar-refractivity contribution is -0.385.